The fourth-order valence-corrected chi connectivity index (χ4v) is 5.42. The summed E-state index contributed by atoms with van der Waals surface area (Å²) in [6.07, 6.45) is 1.25. The van der Waals surface area contributed by atoms with Gasteiger partial charge < -0.3 is 4.74 Å². The van der Waals surface area contributed by atoms with Gasteiger partial charge in [-0.05, 0) is 56.0 Å². The highest BCUT2D eigenvalue weighted by molar-refractivity contribution is 7.88. The van der Waals surface area contributed by atoms with Crippen LogP contribution in [0.2, 0.25) is 0 Å². The number of sulfonamides is 1. The van der Waals surface area contributed by atoms with Gasteiger partial charge in [0.05, 0.1) is 18.9 Å². The van der Waals surface area contributed by atoms with Gasteiger partial charge in [-0.25, -0.2) is 8.42 Å². The van der Waals surface area contributed by atoms with Gasteiger partial charge in [0.25, 0.3) is 0 Å². The van der Waals surface area contributed by atoms with Gasteiger partial charge in [-0.2, -0.15) is 4.31 Å². The Morgan fingerprint density at radius 3 is 2.63 bits per heavy atom. The molecule has 5 nitrogen and oxygen atoms in total. The van der Waals surface area contributed by atoms with Crippen molar-refractivity contribution in [1.29, 1.82) is 0 Å². The fourth-order valence-electron chi connectivity index (χ4n) is 3.65. The summed E-state index contributed by atoms with van der Waals surface area (Å²) in [5.74, 6) is 0.480. The molecule has 2 aromatic rings. The molecule has 0 saturated carbocycles. The average Bonchev–Trinajstić information content (AvgIpc) is 3.11. The second-order valence-corrected chi connectivity index (χ2v) is 8.98. The molecule has 0 spiro atoms. The number of Topliss-reactive ketones (excluding diaryl/α,β-unsaturated/α-hetero) is 1. The Bertz CT molecular complexity index is 952. The summed E-state index contributed by atoms with van der Waals surface area (Å²) in [5.41, 5.74) is 3.14. The summed E-state index contributed by atoms with van der Waals surface area (Å²) in [6, 6.07) is 12.1. The van der Waals surface area contributed by atoms with E-state index >= 15 is 0 Å². The van der Waals surface area contributed by atoms with Crippen molar-refractivity contribution in [3.63, 3.8) is 0 Å². The number of hydrogen-bond donors (Lipinski definition) is 0. The number of carbonyl (C=O) groups excluding carboxylic acids is 1. The van der Waals surface area contributed by atoms with Crippen molar-refractivity contribution >= 4 is 15.8 Å². The molecule has 0 radical (unpaired) electrons. The average molecular weight is 388 g/mol. The van der Waals surface area contributed by atoms with Crippen LogP contribution in [0.1, 0.15) is 39.9 Å². The number of ether oxygens (including phenoxy) is 1. The molecular weight excluding hydrogens is 362 g/mol. The molecule has 27 heavy (non-hydrogen) atoms. The summed E-state index contributed by atoms with van der Waals surface area (Å²) in [6.45, 7) is 4.19. The molecule has 1 unspecified atom stereocenters. The van der Waals surface area contributed by atoms with Crippen molar-refractivity contribution in [1.82, 2.24) is 4.31 Å². The van der Waals surface area contributed by atoms with E-state index in [1.807, 2.05) is 38.1 Å². The number of methoxy groups -OCH3 is 1. The van der Waals surface area contributed by atoms with E-state index < -0.39 is 16.1 Å². The molecule has 0 amide bonds. The first-order chi connectivity index (χ1) is 12.8. The summed E-state index contributed by atoms with van der Waals surface area (Å²) in [7, 11) is -1.98. The van der Waals surface area contributed by atoms with Gasteiger partial charge >= 0.3 is 0 Å². The van der Waals surface area contributed by atoms with Crippen LogP contribution in [0.5, 0.6) is 5.75 Å². The van der Waals surface area contributed by atoms with Gasteiger partial charge in [0, 0.05) is 12.1 Å². The molecule has 1 aliphatic rings. The van der Waals surface area contributed by atoms with E-state index in [4.69, 9.17) is 4.74 Å². The number of nitrogens with zero attached hydrogens (tertiary/aromatic N) is 1. The highest BCUT2D eigenvalue weighted by atomic mass is 32.2. The number of benzene rings is 2. The fraction of sp³-hybridized carbons (Fsp3) is 0.381. The second-order valence-electron chi connectivity index (χ2n) is 7.06. The van der Waals surface area contributed by atoms with Crippen LogP contribution in [-0.4, -0.2) is 38.2 Å². The van der Waals surface area contributed by atoms with Crippen LogP contribution < -0.4 is 4.74 Å². The smallest absolute Gasteiger partial charge is 0.218 e. The van der Waals surface area contributed by atoms with Crippen molar-refractivity contribution in [2.45, 2.75) is 38.5 Å². The molecule has 144 valence electrons. The standard InChI is InChI=1S/C21H25NO4S/c1-15-6-4-7-17(12-15)14-27(24,25)22-11-5-8-19(22)21(23)18-9-10-20(26-3)16(2)13-18/h4,6-7,9-10,12-13,19H,5,8,11,14H2,1-3H3. The summed E-state index contributed by atoms with van der Waals surface area (Å²) in [4.78, 5) is 13.0. The van der Waals surface area contributed by atoms with E-state index in [1.54, 1.807) is 25.3 Å². The molecule has 3 rings (SSSR count). The van der Waals surface area contributed by atoms with Crippen molar-refractivity contribution in [2.75, 3.05) is 13.7 Å². The molecule has 6 heteroatoms. The molecule has 0 aliphatic carbocycles. The van der Waals surface area contributed by atoms with Gasteiger partial charge in [0.2, 0.25) is 10.0 Å². The maximum Gasteiger partial charge on any atom is 0.218 e. The summed E-state index contributed by atoms with van der Waals surface area (Å²) < 4.78 is 32.6. The lowest BCUT2D eigenvalue weighted by Crippen LogP contribution is -2.41. The van der Waals surface area contributed by atoms with Gasteiger partial charge in [-0.15, -0.1) is 0 Å². The lowest BCUT2D eigenvalue weighted by atomic mass is 10.0. The van der Waals surface area contributed by atoms with Crippen LogP contribution in [0.3, 0.4) is 0 Å². The minimum Gasteiger partial charge on any atom is -0.496 e. The van der Waals surface area contributed by atoms with Crippen molar-refractivity contribution < 1.29 is 17.9 Å². The van der Waals surface area contributed by atoms with Gasteiger partial charge in [-0.1, -0.05) is 29.8 Å². The third-order valence-electron chi connectivity index (χ3n) is 4.97. The van der Waals surface area contributed by atoms with Gasteiger partial charge in [0.1, 0.15) is 5.75 Å². The molecule has 2 aromatic carbocycles. The molecule has 0 bridgehead atoms. The van der Waals surface area contributed by atoms with Crippen molar-refractivity contribution in [3.8, 4) is 5.75 Å². The third-order valence-corrected chi connectivity index (χ3v) is 6.82. The van der Waals surface area contributed by atoms with E-state index in [1.165, 1.54) is 4.31 Å². The first-order valence-corrected chi connectivity index (χ1v) is 10.7. The Labute approximate surface area is 161 Å². The second kappa shape index (κ2) is 7.82. The molecular formula is C21H25NO4S. The predicted molar refractivity (Wildman–Crippen MR) is 106 cm³/mol. The van der Waals surface area contributed by atoms with E-state index in [9.17, 15) is 13.2 Å². The van der Waals surface area contributed by atoms with Gasteiger partial charge in [-0.3, -0.25) is 4.79 Å². The minimum atomic E-state index is -3.57. The maximum atomic E-state index is 13.0. The Hall–Kier alpha value is -2.18. The summed E-state index contributed by atoms with van der Waals surface area (Å²) >= 11 is 0. The number of ketones is 1. The normalized spacial score (nSPS) is 17.8. The first-order valence-electron chi connectivity index (χ1n) is 9.06. The number of rotatable bonds is 6. The molecule has 1 atom stereocenters. The number of aryl methyl sites for hydroxylation is 2. The summed E-state index contributed by atoms with van der Waals surface area (Å²) in [5, 5.41) is 0. The zero-order valence-corrected chi connectivity index (χ0v) is 16.8. The van der Waals surface area contributed by atoms with E-state index in [0.717, 1.165) is 16.7 Å². The molecule has 1 fully saturated rings. The number of carbonyl (C=O) groups is 1. The molecule has 1 aliphatic heterocycles. The molecule has 0 N–H and O–H groups in total. The third kappa shape index (κ3) is 4.22. The molecule has 1 saturated heterocycles. The van der Waals surface area contributed by atoms with E-state index in [-0.39, 0.29) is 11.5 Å². The molecule has 0 aromatic heterocycles. The minimum absolute atomic E-state index is 0.0832. The lowest BCUT2D eigenvalue weighted by Gasteiger charge is -2.23. The van der Waals surface area contributed by atoms with E-state index in [2.05, 4.69) is 0 Å². The largest absolute Gasteiger partial charge is 0.496 e. The SMILES string of the molecule is COc1ccc(C(=O)C2CCCN2S(=O)(=O)Cc2cccc(C)c2)cc1C. The topological polar surface area (TPSA) is 63.7 Å². The maximum absolute atomic E-state index is 13.0. The van der Waals surface area contributed by atoms with Crippen LogP contribution in [-0.2, 0) is 15.8 Å². The highest BCUT2D eigenvalue weighted by Crippen LogP contribution is 2.28. The van der Waals surface area contributed by atoms with Gasteiger partial charge in [0.15, 0.2) is 5.78 Å². The Morgan fingerprint density at radius 1 is 1.19 bits per heavy atom. The first kappa shape index (κ1) is 19.6. The van der Waals surface area contributed by atoms with Crippen LogP contribution in [0.15, 0.2) is 42.5 Å². The Balaban J connectivity index is 1.83. The quantitative estimate of drug-likeness (QED) is 0.712. The Kier molecular flexibility index (Phi) is 5.67. The van der Waals surface area contributed by atoms with Crippen LogP contribution >= 0.6 is 0 Å². The Morgan fingerprint density at radius 2 is 1.96 bits per heavy atom. The van der Waals surface area contributed by atoms with Crippen molar-refractivity contribution in [2.24, 2.45) is 0 Å². The predicted octanol–water partition coefficient (Wildman–Crippen LogP) is 3.49. The monoisotopic (exact) mass is 387 g/mol. The van der Waals surface area contributed by atoms with Crippen LogP contribution in [0.4, 0.5) is 0 Å². The lowest BCUT2D eigenvalue weighted by molar-refractivity contribution is 0.0918. The van der Waals surface area contributed by atoms with Crippen molar-refractivity contribution in [3.05, 3.63) is 64.7 Å². The van der Waals surface area contributed by atoms with Crippen LogP contribution in [0, 0.1) is 13.8 Å². The zero-order chi connectivity index (χ0) is 19.6. The highest BCUT2D eigenvalue weighted by Gasteiger charge is 2.38. The number of hydrogen-bond acceptors (Lipinski definition) is 4. The van der Waals surface area contributed by atoms with E-state index in [0.29, 0.717) is 30.7 Å². The molecule has 1 heterocycles. The van der Waals surface area contributed by atoms with Crippen LogP contribution in [0.25, 0.3) is 0 Å². The zero-order valence-electron chi connectivity index (χ0n) is 15.9.